The predicted octanol–water partition coefficient (Wildman–Crippen LogP) is 2.74. The lowest BCUT2D eigenvalue weighted by Crippen LogP contribution is -1.92. The topological polar surface area (TPSA) is 52.4 Å². The van der Waals surface area contributed by atoms with Crippen molar-refractivity contribution in [3.05, 3.63) is 44.9 Å². The minimum Gasteiger partial charge on any atom is -0.496 e. The summed E-state index contributed by atoms with van der Waals surface area (Å²) >= 11 is 5.59. The van der Waals surface area contributed by atoms with E-state index in [0.29, 0.717) is 6.20 Å². The van der Waals surface area contributed by atoms with E-state index in [1.54, 1.807) is 0 Å². The van der Waals surface area contributed by atoms with Gasteiger partial charge in [0.2, 0.25) is 6.20 Å². The molecule has 1 aromatic rings. The van der Waals surface area contributed by atoms with Gasteiger partial charge in [0, 0.05) is 11.1 Å². The smallest absolute Gasteiger partial charge is 0.235 e. The monoisotopic (exact) mass is 231 g/mol. The molecule has 0 spiro atoms. The molecule has 0 bridgehead atoms. The van der Waals surface area contributed by atoms with E-state index >= 15 is 0 Å². The minimum atomic E-state index is -0.687. The predicted molar refractivity (Wildman–Crippen MR) is 54.0 cm³/mol. The summed E-state index contributed by atoms with van der Waals surface area (Å²) in [5.74, 6) is -0.518. The molecule has 0 radical (unpaired) electrons. The Balaban J connectivity index is 3.20. The maximum Gasteiger partial charge on any atom is 0.235 e. The van der Waals surface area contributed by atoms with Gasteiger partial charge in [0.1, 0.15) is 11.6 Å². The molecule has 0 unspecified atom stereocenters. The lowest BCUT2D eigenvalue weighted by atomic mass is 10.2. The number of hydrogen-bond donors (Lipinski definition) is 0. The Labute approximate surface area is 90.1 Å². The van der Waals surface area contributed by atoms with Gasteiger partial charge in [-0.15, -0.1) is 0 Å². The van der Waals surface area contributed by atoms with Crippen LogP contribution in [0, 0.1) is 15.9 Å². The Hall–Kier alpha value is -1.62. The van der Waals surface area contributed by atoms with Gasteiger partial charge in [0.05, 0.1) is 17.6 Å². The van der Waals surface area contributed by atoms with Crippen molar-refractivity contribution in [2.45, 2.75) is 0 Å². The van der Waals surface area contributed by atoms with Crippen molar-refractivity contribution in [2.24, 2.45) is 0 Å². The SMILES string of the molecule is COc1cc(Cl)cc(F)c1/C=C/[N+](=O)[O-]. The zero-order valence-corrected chi connectivity index (χ0v) is 8.49. The lowest BCUT2D eigenvalue weighted by Gasteiger charge is -2.05. The third-order valence-corrected chi connectivity index (χ3v) is 1.86. The van der Waals surface area contributed by atoms with Gasteiger partial charge in [-0.1, -0.05) is 11.6 Å². The fraction of sp³-hybridized carbons (Fsp3) is 0.111. The quantitative estimate of drug-likeness (QED) is 0.594. The second-order valence-corrected chi connectivity index (χ2v) is 3.04. The van der Waals surface area contributed by atoms with E-state index in [1.165, 1.54) is 13.2 Å². The van der Waals surface area contributed by atoms with Gasteiger partial charge in [-0.25, -0.2) is 4.39 Å². The maximum atomic E-state index is 13.3. The third-order valence-electron chi connectivity index (χ3n) is 1.64. The van der Waals surface area contributed by atoms with Crippen LogP contribution in [0.1, 0.15) is 5.56 Å². The van der Waals surface area contributed by atoms with E-state index in [0.717, 1.165) is 12.1 Å². The highest BCUT2D eigenvalue weighted by molar-refractivity contribution is 6.30. The van der Waals surface area contributed by atoms with Crippen molar-refractivity contribution in [1.82, 2.24) is 0 Å². The van der Waals surface area contributed by atoms with E-state index in [-0.39, 0.29) is 16.3 Å². The van der Waals surface area contributed by atoms with Gasteiger partial charge in [0.25, 0.3) is 0 Å². The summed E-state index contributed by atoms with van der Waals surface area (Å²) in [5.41, 5.74) is -0.00130. The van der Waals surface area contributed by atoms with Gasteiger partial charge in [-0.2, -0.15) is 0 Å². The van der Waals surface area contributed by atoms with Crippen LogP contribution in [0.3, 0.4) is 0 Å². The first-order chi connectivity index (χ1) is 7.04. The molecule has 6 heteroatoms. The van der Waals surface area contributed by atoms with Crippen molar-refractivity contribution in [3.8, 4) is 5.75 Å². The van der Waals surface area contributed by atoms with Gasteiger partial charge in [0.15, 0.2) is 0 Å². The van der Waals surface area contributed by atoms with Crippen LogP contribution in [0.4, 0.5) is 4.39 Å². The van der Waals surface area contributed by atoms with E-state index < -0.39 is 10.7 Å². The van der Waals surface area contributed by atoms with Crippen LogP contribution in [0.2, 0.25) is 5.02 Å². The van der Waals surface area contributed by atoms with Crippen LogP contribution in [-0.2, 0) is 0 Å². The second-order valence-electron chi connectivity index (χ2n) is 2.60. The summed E-state index contributed by atoms with van der Waals surface area (Å²) in [5, 5.41) is 10.2. The molecule has 15 heavy (non-hydrogen) atoms. The molecule has 0 aliphatic carbocycles. The van der Waals surface area contributed by atoms with Crippen molar-refractivity contribution in [2.75, 3.05) is 7.11 Å². The largest absolute Gasteiger partial charge is 0.496 e. The van der Waals surface area contributed by atoms with Crippen LogP contribution in [0.5, 0.6) is 5.75 Å². The molecule has 0 amide bonds. The molecule has 0 N–H and O–H groups in total. The molecular weight excluding hydrogens is 225 g/mol. The van der Waals surface area contributed by atoms with Crippen LogP contribution < -0.4 is 4.74 Å². The molecule has 80 valence electrons. The van der Waals surface area contributed by atoms with Crippen molar-refractivity contribution in [3.63, 3.8) is 0 Å². The average molecular weight is 232 g/mol. The summed E-state index contributed by atoms with van der Waals surface area (Å²) in [6.07, 6.45) is 1.65. The zero-order valence-electron chi connectivity index (χ0n) is 7.74. The number of nitro groups is 1. The number of methoxy groups -OCH3 is 1. The zero-order chi connectivity index (χ0) is 11.4. The van der Waals surface area contributed by atoms with Gasteiger partial charge >= 0.3 is 0 Å². The molecule has 1 rings (SSSR count). The molecule has 0 atom stereocenters. The average Bonchev–Trinajstić information content (AvgIpc) is 2.14. The molecule has 4 nitrogen and oxygen atoms in total. The number of rotatable bonds is 3. The summed E-state index contributed by atoms with van der Waals surface area (Å²) in [4.78, 5) is 9.39. The van der Waals surface area contributed by atoms with Crippen molar-refractivity contribution in [1.29, 1.82) is 0 Å². The number of benzene rings is 1. The fourth-order valence-electron chi connectivity index (χ4n) is 1.03. The number of halogens is 2. The lowest BCUT2D eigenvalue weighted by molar-refractivity contribution is -0.401. The Kier molecular flexibility index (Phi) is 3.62. The molecule has 1 aromatic carbocycles. The summed E-state index contributed by atoms with van der Waals surface area (Å²) in [6.45, 7) is 0. The molecule has 0 aromatic heterocycles. The number of hydrogen-bond acceptors (Lipinski definition) is 3. The van der Waals surface area contributed by atoms with E-state index in [1.807, 2.05) is 0 Å². The van der Waals surface area contributed by atoms with Crippen LogP contribution in [-0.4, -0.2) is 12.0 Å². The van der Waals surface area contributed by atoms with Crippen molar-refractivity contribution < 1.29 is 14.1 Å². The van der Waals surface area contributed by atoms with Crippen molar-refractivity contribution >= 4 is 17.7 Å². The van der Waals surface area contributed by atoms with Gasteiger partial charge in [-0.3, -0.25) is 10.1 Å². The summed E-state index contributed by atoms with van der Waals surface area (Å²) < 4.78 is 18.2. The summed E-state index contributed by atoms with van der Waals surface area (Å²) in [6, 6.07) is 2.44. The molecule has 0 aliphatic heterocycles. The summed E-state index contributed by atoms with van der Waals surface area (Å²) in [7, 11) is 1.33. The standard InChI is InChI=1S/C9H7ClFNO3/c1-15-9-5-6(10)4-8(11)7(9)2-3-12(13)14/h2-5H,1H3/b3-2+. The molecule has 0 fully saturated rings. The Morgan fingerprint density at radius 3 is 2.80 bits per heavy atom. The molecule has 0 saturated heterocycles. The van der Waals surface area contributed by atoms with Gasteiger partial charge < -0.3 is 4.74 Å². The van der Waals surface area contributed by atoms with E-state index in [4.69, 9.17) is 16.3 Å². The first kappa shape index (κ1) is 11.5. The first-order valence-electron chi connectivity index (χ1n) is 3.89. The highest BCUT2D eigenvalue weighted by atomic mass is 35.5. The highest BCUT2D eigenvalue weighted by Gasteiger charge is 2.09. The normalized spacial score (nSPS) is 10.6. The Bertz CT molecular complexity index is 420. The third kappa shape index (κ3) is 2.92. The maximum absolute atomic E-state index is 13.3. The Morgan fingerprint density at radius 2 is 2.27 bits per heavy atom. The van der Waals surface area contributed by atoms with E-state index in [9.17, 15) is 14.5 Å². The molecule has 0 heterocycles. The first-order valence-corrected chi connectivity index (χ1v) is 4.27. The minimum absolute atomic E-state index is 0.00130. The number of ether oxygens (including phenoxy) is 1. The molecule has 0 aliphatic rings. The van der Waals surface area contributed by atoms with Crippen LogP contribution in [0.15, 0.2) is 18.3 Å². The van der Waals surface area contributed by atoms with Gasteiger partial charge in [-0.05, 0) is 12.1 Å². The molecule has 0 saturated carbocycles. The number of nitrogens with zero attached hydrogens (tertiary/aromatic N) is 1. The highest BCUT2D eigenvalue weighted by Crippen LogP contribution is 2.27. The molecular formula is C9H7ClFNO3. The second kappa shape index (κ2) is 4.75. The Morgan fingerprint density at radius 1 is 1.60 bits per heavy atom. The van der Waals surface area contributed by atoms with E-state index in [2.05, 4.69) is 0 Å². The van der Waals surface area contributed by atoms with Crippen LogP contribution in [0.25, 0.3) is 6.08 Å². The van der Waals surface area contributed by atoms with Crippen LogP contribution >= 0.6 is 11.6 Å². The fourth-order valence-corrected chi connectivity index (χ4v) is 1.22.